The van der Waals surface area contributed by atoms with Gasteiger partial charge in [0, 0.05) is 12.5 Å². The van der Waals surface area contributed by atoms with Crippen molar-refractivity contribution in [3.05, 3.63) is 0 Å². The highest BCUT2D eigenvalue weighted by atomic mass is 16.6. The van der Waals surface area contributed by atoms with E-state index >= 15 is 0 Å². The van der Waals surface area contributed by atoms with Crippen LogP contribution in [0.4, 0.5) is 0 Å². The van der Waals surface area contributed by atoms with Crippen molar-refractivity contribution < 1.29 is 14.3 Å². The molecule has 0 saturated carbocycles. The molecule has 1 N–H and O–H groups in total. The SMILES string of the molecule is CC1(C)OC(=O)[C@H]2C(=O)NCC[C@@H]21. The van der Waals surface area contributed by atoms with Crippen molar-refractivity contribution >= 4 is 11.9 Å². The molecule has 2 heterocycles. The van der Waals surface area contributed by atoms with Gasteiger partial charge < -0.3 is 10.1 Å². The third-order valence-electron chi connectivity index (χ3n) is 2.95. The summed E-state index contributed by atoms with van der Waals surface area (Å²) in [7, 11) is 0. The second-order valence-electron chi connectivity index (χ2n) is 4.19. The third-order valence-corrected chi connectivity index (χ3v) is 2.95. The zero-order chi connectivity index (χ0) is 9.64. The molecule has 0 radical (unpaired) electrons. The monoisotopic (exact) mass is 183 g/mol. The van der Waals surface area contributed by atoms with Crippen LogP contribution in [0, 0.1) is 11.8 Å². The lowest BCUT2D eigenvalue weighted by molar-refractivity contribution is -0.150. The first kappa shape index (κ1) is 8.53. The molecule has 2 saturated heterocycles. The van der Waals surface area contributed by atoms with Gasteiger partial charge in [0.25, 0.3) is 0 Å². The molecule has 0 aliphatic carbocycles. The normalized spacial score (nSPS) is 36.5. The molecule has 72 valence electrons. The summed E-state index contributed by atoms with van der Waals surface area (Å²) in [4.78, 5) is 22.7. The molecule has 0 spiro atoms. The van der Waals surface area contributed by atoms with Crippen LogP contribution < -0.4 is 5.32 Å². The quantitative estimate of drug-likeness (QED) is 0.427. The van der Waals surface area contributed by atoms with Crippen LogP contribution >= 0.6 is 0 Å². The smallest absolute Gasteiger partial charge is 0.319 e. The number of fused-ring (bicyclic) bond motifs is 1. The number of hydrogen-bond acceptors (Lipinski definition) is 3. The van der Waals surface area contributed by atoms with Gasteiger partial charge in [-0.3, -0.25) is 9.59 Å². The van der Waals surface area contributed by atoms with Gasteiger partial charge in [-0.05, 0) is 20.3 Å². The standard InChI is InChI=1S/C9H13NO3/c1-9(2)5-3-4-10-7(11)6(5)8(12)13-9/h5-6H,3-4H2,1-2H3,(H,10,11)/t5-,6+/m0/s1. The molecule has 2 rings (SSSR count). The molecule has 1 amide bonds. The van der Waals surface area contributed by atoms with E-state index in [0.29, 0.717) is 6.54 Å². The predicted molar refractivity (Wildman–Crippen MR) is 44.8 cm³/mol. The molecule has 0 aromatic heterocycles. The van der Waals surface area contributed by atoms with Gasteiger partial charge >= 0.3 is 5.97 Å². The molecular weight excluding hydrogens is 170 g/mol. The average Bonchev–Trinajstić information content (AvgIpc) is 2.24. The van der Waals surface area contributed by atoms with E-state index in [1.807, 2.05) is 13.8 Å². The number of rotatable bonds is 0. The van der Waals surface area contributed by atoms with E-state index < -0.39 is 11.5 Å². The molecule has 2 aliphatic heterocycles. The van der Waals surface area contributed by atoms with Gasteiger partial charge in [-0.2, -0.15) is 0 Å². The highest BCUT2D eigenvalue weighted by Crippen LogP contribution is 2.40. The Labute approximate surface area is 76.6 Å². The van der Waals surface area contributed by atoms with Gasteiger partial charge in [-0.1, -0.05) is 0 Å². The van der Waals surface area contributed by atoms with Gasteiger partial charge in [0.15, 0.2) is 0 Å². The number of ether oxygens (including phenoxy) is 1. The first-order valence-electron chi connectivity index (χ1n) is 4.53. The van der Waals surface area contributed by atoms with Crippen LogP contribution in [0.2, 0.25) is 0 Å². The Bertz CT molecular complexity index is 272. The molecule has 4 nitrogen and oxygen atoms in total. The summed E-state index contributed by atoms with van der Waals surface area (Å²) in [6, 6.07) is 0. The average molecular weight is 183 g/mol. The van der Waals surface area contributed by atoms with Crippen molar-refractivity contribution in [3.63, 3.8) is 0 Å². The molecule has 2 fully saturated rings. The Morgan fingerprint density at radius 1 is 1.46 bits per heavy atom. The number of piperidine rings is 1. The summed E-state index contributed by atoms with van der Waals surface area (Å²) >= 11 is 0. The second kappa shape index (κ2) is 2.47. The van der Waals surface area contributed by atoms with E-state index in [9.17, 15) is 9.59 Å². The number of amides is 1. The van der Waals surface area contributed by atoms with Crippen LogP contribution in [-0.4, -0.2) is 24.0 Å². The van der Waals surface area contributed by atoms with Gasteiger partial charge in [0.1, 0.15) is 11.5 Å². The van der Waals surface area contributed by atoms with Crippen LogP contribution in [-0.2, 0) is 14.3 Å². The number of nitrogens with one attached hydrogen (secondary N) is 1. The van der Waals surface area contributed by atoms with E-state index in [-0.39, 0.29) is 17.8 Å². The van der Waals surface area contributed by atoms with Crippen molar-refractivity contribution in [1.82, 2.24) is 5.32 Å². The van der Waals surface area contributed by atoms with Crippen LogP contribution in [0.15, 0.2) is 0 Å². The van der Waals surface area contributed by atoms with Gasteiger partial charge in [0.2, 0.25) is 5.91 Å². The highest BCUT2D eigenvalue weighted by molar-refractivity contribution is 6.00. The van der Waals surface area contributed by atoms with Crippen molar-refractivity contribution in [3.8, 4) is 0 Å². The fourth-order valence-corrected chi connectivity index (χ4v) is 2.23. The summed E-state index contributed by atoms with van der Waals surface area (Å²) in [6.45, 7) is 4.39. The van der Waals surface area contributed by atoms with Crippen LogP contribution in [0.5, 0.6) is 0 Å². The van der Waals surface area contributed by atoms with Gasteiger partial charge in [0.05, 0.1) is 0 Å². The fraction of sp³-hybridized carbons (Fsp3) is 0.778. The highest BCUT2D eigenvalue weighted by Gasteiger charge is 2.54. The van der Waals surface area contributed by atoms with E-state index in [0.717, 1.165) is 6.42 Å². The van der Waals surface area contributed by atoms with Crippen LogP contribution in [0.1, 0.15) is 20.3 Å². The van der Waals surface area contributed by atoms with Crippen molar-refractivity contribution in [1.29, 1.82) is 0 Å². The minimum atomic E-state index is -0.566. The first-order chi connectivity index (χ1) is 6.02. The number of hydrogen-bond donors (Lipinski definition) is 1. The fourth-order valence-electron chi connectivity index (χ4n) is 2.23. The minimum Gasteiger partial charge on any atom is -0.459 e. The molecule has 2 aliphatic rings. The maximum atomic E-state index is 11.4. The maximum absolute atomic E-state index is 11.4. The molecule has 13 heavy (non-hydrogen) atoms. The molecule has 4 heteroatoms. The minimum absolute atomic E-state index is 0.0498. The second-order valence-corrected chi connectivity index (χ2v) is 4.19. The Hall–Kier alpha value is -1.06. The van der Waals surface area contributed by atoms with Crippen LogP contribution in [0.25, 0.3) is 0 Å². The van der Waals surface area contributed by atoms with Crippen molar-refractivity contribution in [2.45, 2.75) is 25.9 Å². The molecule has 2 atom stereocenters. The molecular formula is C9H13NO3. The van der Waals surface area contributed by atoms with Crippen molar-refractivity contribution in [2.24, 2.45) is 11.8 Å². The van der Waals surface area contributed by atoms with E-state index in [2.05, 4.69) is 5.32 Å². The number of cyclic esters (lactones) is 1. The van der Waals surface area contributed by atoms with Gasteiger partial charge in [-0.15, -0.1) is 0 Å². The number of carbonyl (C=O) groups excluding carboxylic acids is 2. The zero-order valence-corrected chi connectivity index (χ0v) is 7.79. The lowest BCUT2D eigenvalue weighted by atomic mass is 9.78. The summed E-state index contributed by atoms with van der Waals surface area (Å²) in [6.07, 6.45) is 0.829. The molecule has 0 unspecified atom stereocenters. The summed E-state index contributed by atoms with van der Waals surface area (Å²) in [5.74, 6) is -1.06. The van der Waals surface area contributed by atoms with Crippen molar-refractivity contribution in [2.75, 3.05) is 6.54 Å². The van der Waals surface area contributed by atoms with E-state index in [4.69, 9.17) is 4.74 Å². The molecule has 0 aromatic carbocycles. The lowest BCUT2D eigenvalue weighted by Gasteiger charge is -2.29. The Morgan fingerprint density at radius 2 is 2.15 bits per heavy atom. The number of carbonyl (C=O) groups is 2. The summed E-state index contributed by atoms with van der Waals surface area (Å²) in [5, 5.41) is 2.68. The predicted octanol–water partition coefficient (Wildman–Crippen LogP) is 0.0741. The Morgan fingerprint density at radius 3 is 2.77 bits per heavy atom. The summed E-state index contributed by atoms with van der Waals surface area (Å²) < 4.78 is 5.17. The topological polar surface area (TPSA) is 55.4 Å². The van der Waals surface area contributed by atoms with Gasteiger partial charge in [-0.25, -0.2) is 0 Å². The summed E-state index contributed by atoms with van der Waals surface area (Å²) in [5.41, 5.74) is -0.473. The Kier molecular flexibility index (Phi) is 1.62. The Balaban J connectivity index is 2.32. The number of esters is 1. The van der Waals surface area contributed by atoms with E-state index in [1.165, 1.54) is 0 Å². The lowest BCUT2D eigenvalue weighted by Crippen LogP contribution is -2.45. The van der Waals surface area contributed by atoms with Crippen LogP contribution in [0.3, 0.4) is 0 Å². The molecule has 0 aromatic rings. The third kappa shape index (κ3) is 1.12. The maximum Gasteiger partial charge on any atom is 0.319 e. The zero-order valence-electron chi connectivity index (χ0n) is 7.79. The largest absolute Gasteiger partial charge is 0.459 e. The molecule has 0 bridgehead atoms. The first-order valence-corrected chi connectivity index (χ1v) is 4.53. The van der Waals surface area contributed by atoms with E-state index in [1.54, 1.807) is 0 Å².